The van der Waals surface area contributed by atoms with Gasteiger partial charge in [-0.2, -0.15) is 4.98 Å². The van der Waals surface area contributed by atoms with Crippen LogP contribution in [0.2, 0.25) is 0 Å². The second-order valence-corrected chi connectivity index (χ2v) is 14.0. The van der Waals surface area contributed by atoms with Crippen LogP contribution in [0.15, 0.2) is 128 Å². The molecular formula is C45H44N4O9. The minimum atomic E-state index is -1.54. The number of rotatable bonds is 15. The van der Waals surface area contributed by atoms with Crippen molar-refractivity contribution in [2.45, 2.75) is 50.4 Å². The summed E-state index contributed by atoms with van der Waals surface area (Å²) in [5.41, 5.74) is 1.62. The summed E-state index contributed by atoms with van der Waals surface area (Å²) >= 11 is 0. The lowest BCUT2D eigenvalue weighted by Crippen LogP contribution is -2.56. The van der Waals surface area contributed by atoms with Crippen molar-refractivity contribution in [1.29, 1.82) is 0 Å². The molecule has 0 amide bonds. The molecule has 4 aromatic carbocycles. The molecule has 0 bridgehead atoms. The number of fused-ring (bicyclic) bond motifs is 1. The normalized spacial score (nSPS) is 18.1. The standard InChI is InChI=1S/C45H44N4O9/c1-6-55-42-38-41(47-37(48-42)25-35(50)28(2)3)49(27-46-38)43-39(51)40(57-44(52)29-13-9-7-10-14-29)36(26-56-43)58-45(30-15-11-8-12-16-30,31-17-21-33(53-4)22-18-31)32-19-23-34(54-5)24-20-32/h6-24,27-28,36,39-40,43,51H,1,25-26H2,2-5H3/t36-,39-,40-,43-/m1/s1. The van der Waals surface area contributed by atoms with E-state index in [4.69, 9.17) is 28.4 Å². The quantitative estimate of drug-likeness (QED) is 0.0676. The third-order valence-electron chi connectivity index (χ3n) is 10.1. The van der Waals surface area contributed by atoms with E-state index in [2.05, 4.69) is 21.5 Å². The van der Waals surface area contributed by atoms with Crippen LogP contribution in [-0.4, -0.2) is 75.5 Å². The number of hydrogen-bond acceptors (Lipinski definition) is 12. The molecule has 0 unspecified atom stereocenters. The monoisotopic (exact) mass is 784 g/mol. The van der Waals surface area contributed by atoms with E-state index in [9.17, 15) is 14.7 Å². The van der Waals surface area contributed by atoms with Crippen molar-refractivity contribution in [3.8, 4) is 17.4 Å². The Labute approximate surface area is 335 Å². The fourth-order valence-electron chi connectivity index (χ4n) is 7.00. The van der Waals surface area contributed by atoms with Crippen molar-refractivity contribution in [1.82, 2.24) is 19.5 Å². The number of ketones is 1. The molecule has 1 saturated heterocycles. The van der Waals surface area contributed by atoms with Crippen LogP contribution in [0, 0.1) is 5.92 Å². The molecule has 1 fully saturated rings. The van der Waals surface area contributed by atoms with Crippen molar-refractivity contribution in [3.05, 3.63) is 156 Å². The van der Waals surface area contributed by atoms with Crippen LogP contribution < -0.4 is 14.2 Å². The summed E-state index contributed by atoms with van der Waals surface area (Å²) in [5.74, 6) is 0.547. The summed E-state index contributed by atoms with van der Waals surface area (Å²) in [7, 11) is 3.19. The fourth-order valence-corrected chi connectivity index (χ4v) is 7.00. The van der Waals surface area contributed by atoms with E-state index in [0.29, 0.717) is 11.5 Å². The van der Waals surface area contributed by atoms with Gasteiger partial charge in [0.1, 0.15) is 40.9 Å². The van der Waals surface area contributed by atoms with Crippen molar-refractivity contribution in [3.63, 3.8) is 0 Å². The van der Waals surface area contributed by atoms with Crippen molar-refractivity contribution >= 4 is 22.9 Å². The first kappa shape index (κ1) is 39.8. The van der Waals surface area contributed by atoms with Gasteiger partial charge in [0.25, 0.3) is 5.88 Å². The van der Waals surface area contributed by atoms with Gasteiger partial charge in [0.15, 0.2) is 23.5 Å². The topological polar surface area (TPSA) is 153 Å². The summed E-state index contributed by atoms with van der Waals surface area (Å²) in [5, 5.41) is 12.4. The second-order valence-electron chi connectivity index (χ2n) is 14.0. The first-order valence-electron chi connectivity index (χ1n) is 18.8. The summed E-state index contributed by atoms with van der Waals surface area (Å²) in [6, 6.07) is 33.1. The number of ether oxygens (including phenoxy) is 6. The average Bonchev–Trinajstić information content (AvgIpc) is 3.68. The van der Waals surface area contributed by atoms with E-state index in [-0.39, 0.29) is 53.2 Å². The number of carbonyl (C=O) groups is 2. The van der Waals surface area contributed by atoms with E-state index in [0.717, 1.165) is 16.7 Å². The predicted molar refractivity (Wildman–Crippen MR) is 214 cm³/mol. The number of esters is 1. The fraction of sp³-hybridized carbons (Fsp3) is 0.267. The third-order valence-corrected chi connectivity index (χ3v) is 10.1. The van der Waals surface area contributed by atoms with E-state index >= 15 is 0 Å². The zero-order valence-electron chi connectivity index (χ0n) is 32.6. The maximum atomic E-state index is 13.9. The van der Waals surface area contributed by atoms with Crippen LogP contribution in [0.25, 0.3) is 11.2 Å². The maximum Gasteiger partial charge on any atom is 0.338 e. The van der Waals surface area contributed by atoms with Gasteiger partial charge in [-0.05, 0) is 53.1 Å². The first-order chi connectivity index (χ1) is 28.2. The van der Waals surface area contributed by atoms with Gasteiger partial charge < -0.3 is 33.5 Å². The highest BCUT2D eigenvalue weighted by Crippen LogP contribution is 2.45. The average molecular weight is 785 g/mol. The molecule has 13 heteroatoms. The number of imidazole rings is 1. The number of Topliss-reactive ketones (excluding diaryl/α,β-unsaturated/α-hetero) is 1. The Hall–Kier alpha value is -6.41. The van der Waals surface area contributed by atoms with Gasteiger partial charge >= 0.3 is 5.97 Å². The zero-order chi connectivity index (χ0) is 40.8. The smallest absolute Gasteiger partial charge is 0.338 e. The first-order valence-corrected chi connectivity index (χ1v) is 18.8. The van der Waals surface area contributed by atoms with E-state index in [1.807, 2.05) is 78.9 Å². The molecule has 1 N–H and O–H groups in total. The Kier molecular flexibility index (Phi) is 11.9. The molecule has 58 heavy (non-hydrogen) atoms. The molecule has 13 nitrogen and oxygen atoms in total. The number of methoxy groups -OCH3 is 2. The number of aliphatic hydroxyl groups is 1. The molecule has 2 aromatic heterocycles. The van der Waals surface area contributed by atoms with Crippen molar-refractivity contribution in [2.75, 3.05) is 20.8 Å². The van der Waals surface area contributed by atoms with Gasteiger partial charge in [-0.1, -0.05) is 93.2 Å². The molecule has 3 heterocycles. The minimum Gasteiger partial charge on any atom is -0.497 e. The molecule has 0 radical (unpaired) electrons. The van der Waals surface area contributed by atoms with Crippen LogP contribution in [0.1, 0.15) is 52.9 Å². The van der Waals surface area contributed by atoms with Gasteiger partial charge in [-0.3, -0.25) is 9.36 Å². The van der Waals surface area contributed by atoms with Crippen LogP contribution >= 0.6 is 0 Å². The Morgan fingerprint density at radius 1 is 0.879 bits per heavy atom. The van der Waals surface area contributed by atoms with Gasteiger partial charge in [0.2, 0.25) is 0 Å². The maximum absolute atomic E-state index is 13.9. The molecular weight excluding hydrogens is 741 g/mol. The highest BCUT2D eigenvalue weighted by Gasteiger charge is 2.49. The molecule has 0 spiro atoms. The predicted octanol–water partition coefficient (Wildman–Crippen LogP) is 6.63. The van der Waals surface area contributed by atoms with Crippen LogP contribution in [0.3, 0.4) is 0 Å². The number of nitrogens with zero attached hydrogens (tertiary/aromatic N) is 4. The Bertz CT molecular complexity index is 2300. The molecule has 7 rings (SSSR count). The summed E-state index contributed by atoms with van der Waals surface area (Å²) < 4.78 is 38.2. The van der Waals surface area contributed by atoms with Gasteiger partial charge in [-0.15, -0.1) is 0 Å². The van der Waals surface area contributed by atoms with E-state index in [1.54, 1.807) is 58.4 Å². The summed E-state index contributed by atoms with van der Waals surface area (Å²) in [6.07, 6.45) is -2.53. The number of hydrogen-bond donors (Lipinski definition) is 1. The minimum absolute atomic E-state index is 0.0636. The van der Waals surface area contributed by atoms with Crippen LogP contribution in [-0.2, 0) is 31.0 Å². The summed E-state index contributed by atoms with van der Waals surface area (Å²) in [6.45, 7) is 7.08. The van der Waals surface area contributed by atoms with Crippen LogP contribution in [0.5, 0.6) is 17.4 Å². The van der Waals surface area contributed by atoms with Gasteiger partial charge in [-0.25, -0.2) is 14.8 Å². The number of carbonyl (C=O) groups excluding carboxylic acids is 2. The Balaban J connectivity index is 1.35. The number of aromatic nitrogens is 4. The SMILES string of the molecule is C=COc1nc(CC(=O)C(C)C)nc2c1ncn2[C@@H]1OC[C@@H](OC(c2ccccc2)(c2ccc(OC)cc2)c2ccc(OC)cc2)[C@@H](OC(=O)c2ccccc2)[C@H]1O. The highest BCUT2D eigenvalue weighted by molar-refractivity contribution is 5.89. The lowest BCUT2D eigenvalue weighted by molar-refractivity contribution is -0.239. The Morgan fingerprint density at radius 3 is 2.03 bits per heavy atom. The van der Waals surface area contributed by atoms with Gasteiger partial charge in [0, 0.05) is 5.92 Å². The molecule has 298 valence electrons. The van der Waals surface area contributed by atoms with Gasteiger partial charge in [0.05, 0.1) is 45.4 Å². The molecule has 0 saturated carbocycles. The van der Waals surface area contributed by atoms with Crippen LogP contribution in [0.4, 0.5) is 0 Å². The van der Waals surface area contributed by atoms with E-state index < -0.39 is 36.1 Å². The number of benzene rings is 4. The zero-order valence-corrected chi connectivity index (χ0v) is 32.6. The lowest BCUT2D eigenvalue weighted by atomic mass is 9.79. The van der Waals surface area contributed by atoms with Crippen molar-refractivity contribution < 1.29 is 43.1 Å². The van der Waals surface area contributed by atoms with Crippen molar-refractivity contribution in [2.24, 2.45) is 5.92 Å². The largest absolute Gasteiger partial charge is 0.497 e. The molecule has 1 aliphatic heterocycles. The third kappa shape index (κ3) is 7.92. The summed E-state index contributed by atoms with van der Waals surface area (Å²) in [4.78, 5) is 40.3. The molecule has 0 aliphatic carbocycles. The second kappa shape index (κ2) is 17.4. The highest BCUT2D eigenvalue weighted by atomic mass is 16.6. The molecule has 4 atom stereocenters. The molecule has 1 aliphatic rings. The Morgan fingerprint density at radius 2 is 1.47 bits per heavy atom. The lowest BCUT2D eigenvalue weighted by Gasteiger charge is -2.45. The molecule has 6 aromatic rings. The van der Waals surface area contributed by atoms with E-state index in [1.165, 1.54) is 17.2 Å². The number of aliphatic hydroxyl groups excluding tert-OH is 1.